The fourth-order valence-electron chi connectivity index (χ4n) is 3.77. The van der Waals surface area contributed by atoms with Crippen LogP contribution in [0.2, 0.25) is 0 Å². The van der Waals surface area contributed by atoms with E-state index in [4.69, 9.17) is 4.74 Å². The maximum atomic E-state index is 6.30. The lowest BCUT2D eigenvalue weighted by Crippen LogP contribution is -2.49. The molecule has 0 spiro atoms. The summed E-state index contributed by atoms with van der Waals surface area (Å²) in [5.41, 5.74) is -0.278. The Morgan fingerprint density at radius 2 is 2.00 bits per heavy atom. The Kier molecular flexibility index (Phi) is 4.47. The van der Waals surface area contributed by atoms with E-state index in [1.807, 2.05) is 26.5 Å². The summed E-state index contributed by atoms with van der Waals surface area (Å²) in [5, 5.41) is 3.46. The molecule has 1 aromatic rings. The number of likely N-dealkylation sites (N-methyl/N-ethyl adjacent to an activating group) is 1. The molecule has 1 aromatic heterocycles. The number of hydrogen-bond donors (Lipinski definition) is 1. The third-order valence-corrected chi connectivity index (χ3v) is 4.72. The summed E-state index contributed by atoms with van der Waals surface area (Å²) in [6.45, 7) is 10.6. The fraction of sp³-hybridized carbons (Fsp3) is 0.812. The average Bonchev–Trinajstić information content (AvgIpc) is 2.79. The third-order valence-electron chi connectivity index (χ3n) is 4.72. The van der Waals surface area contributed by atoms with Gasteiger partial charge in [0.2, 0.25) is 0 Å². The second-order valence-corrected chi connectivity index (χ2v) is 7.33. The van der Waals surface area contributed by atoms with E-state index in [1.54, 1.807) is 0 Å². The van der Waals surface area contributed by atoms with Crippen molar-refractivity contribution in [3.63, 3.8) is 0 Å². The smallest absolute Gasteiger partial charge is 0.122 e. The first-order chi connectivity index (χ1) is 9.67. The van der Waals surface area contributed by atoms with Crippen molar-refractivity contribution in [2.24, 2.45) is 13.0 Å². The van der Waals surface area contributed by atoms with E-state index in [0.717, 1.165) is 18.9 Å². The normalized spacial score (nSPS) is 27.4. The lowest BCUT2D eigenvalue weighted by molar-refractivity contribution is -0.0792. The predicted molar refractivity (Wildman–Crippen MR) is 85.1 cm³/mol. The number of ether oxygens (including phenoxy) is 1. The monoisotopic (exact) mass is 294 g/mol. The summed E-state index contributed by atoms with van der Waals surface area (Å²) in [4.78, 5) is 6.75. The predicted octanol–water partition coefficient (Wildman–Crippen LogP) is 1.64. The van der Waals surface area contributed by atoms with Crippen molar-refractivity contribution in [1.82, 2.24) is 19.8 Å². The van der Waals surface area contributed by atoms with E-state index >= 15 is 0 Å². The number of hydrogen-bond acceptors (Lipinski definition) is 4. The van der Waals surface area contributed by atoms with Gasteiger partial charge in [-0.1, -0.05) is 0 Å². The highest BCUT2D eigenvalue weighted by molar-refractivity contribution is 5.06. The van der Waals surface area contributed by atoms with Gasteiger partial charge in [0.15, 0.2) is 0 Å². The number of rotatable bonds is 5. The first-order valence-corrected chi connectivity index (χ1v) is 7.69. The molecule has 1 N–H and O–H groups in total. The molecule has 2 atom stereocenters. The molecular formula is C16H30N4O. The third kappa shape index (κ3) is 3.30. The number of nitrogens with zero attached hydrogens (tertiary/aromatic N) is 3. The molecule has 1 saturated heterocycles. The van der Waals surface area contributed by atoms with Crippen molar-refractivity contribution < 1.29 is 4.74 Å². The molecule has 21 heavy (non-hydrogen) atoms. The highest BCUT2D eigenvalue weighted by Crippen LogP contribution is 2.42. The van der Waals surface area contributed by atoms with Gasteiger partial charge in [-0.3, -0.25) is 4.90 Å². The molecule has 0 amide bonds. The van der Waals surface area contributed by atoms with E-state index in [2.05, 4.69) is 54.5 Å². The fourth-order valence-corrected chi connectivity index (χ4v) is 3.77. The molecule has 0 saturated carbocycles. The van der Waals surface area contributed by atoms with Crippen LogP contribution in [-0.2, 0) is 18.3 Å². The van der Waals surface area contributed by atoms with E-state index in [1.165, 1.54) is 0 Å². The maximum Gasteiger partial charge on any atom is 0.122 e. The molecule has 120 valence electrons. The molecule has 0 bridgehead atoms. The number of nitrogens with one attached hydrogen (secondary N) is 1. The quantitative estimate of drug-likeness (QED) is 0.896. The topological polar surface area (TPSA) is 42.3 Å². The van der Waals surface area contributed by atoms with Crippen LogP contribution in [0.1, 0.15) is 33.5 Å². The zero-order chi connectivity index (χ0) is 15.8. The van der Waals surface area contributed by atoms with Crippen LogP contribution in [0.15, 0.2) is 12.4 Å². The molecule has 2 heterocycles. The van der Waals surface area contributed by atoms with Crippen molar-refractivity contribution in [2.45, 2.75) is 51.5 Å². The molecule has 1 fully saturated rings. The zero-order valence-corrected chi connectivity index (χ0v) is 14.5. The molecule has 0 aromatic carbocycles. The molecular weight excluding hydrogens is 264 g/mol. The minimum absolute atomic E-state index is 0.132. The van der Waals surface area contributed by atoms with Crippen molar-refractivity contribution >= 4 is 0 Å². The zero-order valence-electron chi connectivity index (χ0n) is 14.5. The Balaban J connectivity index is 2.08. The molecule has 5 nitrogen and oxygen atoms in total. The van der Waals surface area contributed by atoms with Crippen molar-refractivity contribution in [3.05, 3.63) is 18.2 Å². The van der Waals surface area contributed by atoms with Gasteiger partial charge in [-0.15, -0.1) is 0 Å². The summed E-state index contributed by atoms with van der Waals surface area (Å²) in [6.07, 6.45) is 3.84. The van der Waals surface area contributed by atoms with Gasteiger partial charge in [-0.2, -0.15) is 0 Å². The van der Waals surface area contributed by atoms with E-state index in [9.17, 15) is 0 Å². The van der Waals surface area contributed by atoms with E-state index in [-0.39, 0.29) is 11.2 Å². The van der Waals surface area contributed by atoms with Crippen molar-refractivity contribution in [1.29, 1.82) is 0 Å². The second-order valence-electron chi connectivity index (χ2n) is 7.33. The lowest BCUT2D eigenvalue weighted by Gasteiger charge is -2.32. The molecule has 2 rings (SSSR count). The van der Waals surface area contributed by atoms with Crippen LogP contribution in [0.4, 0.5) is 0 Å². The molecule has 0 aliphatic carbocycles. The number of aryl methyl sites for hydroxylation is 1. The highest BCUT2D eigenvalue weighted by Gasteiger charge is 2.53. The Morgan fingerprint density at radius 3 is 2.52 bits per heavy atom. The Morgan fingerprint density at radius 1 is 1.33 bits per heavy atom. The summed E-state index contributed by atoms with van der Waals surface area (Å²) in [7, 11) is 6.23. The van der Waals surface area contributed by atoms with Crippen LogP contribution in [0, 0.1) is 5.92 Å². The van der Waals surface area contributed by atoms with E-state index < -0.39 is 0 Å². The summed E-state index contributed by atoms with van der Waals surface area (Å²) in [5.74, 6) is 1.53. The van der Waals surface area contributed by atoms with Gasteiger partial charge in [0.25, 0.3) is 0 Å². The Labute approximate surface area is 128 Å². The van der Waals surface area contributed by atoms with Crippen LogP contribution < -0.4 is 5.32 Å². The molecule has 0 radical (unpaired) electrons. The minimum atomic E-state index is -0.146. The largest absolute Gasteiger partial charge is 0.368 e. The lowest BCUT2D eigenvalue weighted by atomic mass is 9.82. The van der Waals surface area contributed by atoms with Crippen molar-refractivity contribution in [3.8, 4) is 0 Å². The second kappa shape index (κ2) is 5.71. The van der Waals surface area contributed by atoms with Crippen LogP contribution in [0.5, 0.6) is 0 Å². The standard InChI is InChI=1S/C16H30N4O/c1-15(2)12(14(17-5)16(3,4)21-15)10-19(6)11-13-18-8-9-20(13)7/h8-9,12,14,17H,10-11H2,1-7H3. The van der Waals surface area contributed by atoms with E-state index in [0.29, 0.717) is 12.0 Å². The van der Waals surface area contributed by atoms with Crippen LogP contribution in [0.25, 0.3) is 0 Å². The van der Waals surface area contributed by atoms with Crippen LogP contribution in [-0.4, -0.2) is 52.3 Å². The number of aromatic nitrogens is 2. The van der Waals surface area contributed by atoms with Crippen LogP contribution >= 0.6 is 0 Å². The van der Waals surface area contributed by atoms with Gasteiger partial charge in [-0.05, 0) is 41.8 Å². The minimum Gasteiger partial charge on any atom is -0.368 e. The molecule has 1 aliphatic rings. The van der Waals surface area contributed by atoms with Gasteiger partial charge in [0.05, 0.1) is 17.7 Å². The molecule has 1 aliphatic heterocycles. The summed E-state index contributed by atoms with van der Waals surface area (Å²) in [6, 6.07) is 0.344. The van der Waals surface area contributed by atoms with Gasteiger partial charge in [0, 0.05) is 37.9 Å². The summed E-state index contributed by atoms with van der Waals surface area (Å²) < 4.78 is 8.38. The van der Waals surface area contributed by atoms with Gasteiger partial charge >= 0.3 is 0 Å². The van der Waals surface area contributed by atoms with Gasteiger partial charge < -0.3 is 14.6 Å². The molecule has 2 unspecified atom stereocenters. The maximum absolute atomic E-state index is 6.30. The summed E-state index contributed by atoms with van der Waals surface area (Å²) >= 11 is 0. The van der Waals surface area contributed by atoms with Crippen LogP contribution in [0.3, 0.4) is 0 Å². The Hall–Kier alpha value is -0.910. The number of imidazole rings is 1. The van der Waals surface area contributed by atoms with Crippen molar-refractivity contribution in [2.75, 3.05) is 20.6 Å². The van der Waals surface area contributed by atoms with Gasteiger partial charge in [0.1, 0.15) is 5.82 Å². The first kappa shape index (κ1) is 16.5. The van der Waals surface area contributed by atoms with Gasteiger partial charge in [-0.25, -0.2) is 4.98 Å². The SMILES string of the molecule is CNC1C(CN(C)Cc2nccn2C)C(C)(C)OC1(C)C. The highest BCUT2D eigenvalue weighted by atomic mass is 16.5. The first-order valence-electron chi connectivity index (χ1n) is 7.69. The Bertz CT molecular complexity index is 480. The molecule has 5 heteroatoms. The average molecular weight is 294 g/mol.